The third-order valence-electron chi connectivity index (χ3n) is 4.28. The molecule has 0 aliphatic rings. The number of amides is 2. The summed E-state index contributed by atoms with van der Waals surface area (Å²) in [7, 11) is 0. The lowest BCUT2D eigenvalue weighted by atomic mass is 10.2. The van der Waals surface area contributed by atoms with Crippen LogP contribution in [0.3, 0.4) is 0 Å². The SMILES string of the molecule is CCC(Sc1cccc(NC(=O)c2ccccc2F)c1)C(=O)Nc1ccccc1Br. The van der Waals surface area contributed by atoms with Crippen molar-refractivity contribution in [2.45, 2.75) is 23.5 Å². The number of thioether (sulfide) groups is 1. The molecule has 0 bridgehead atoms. The van der Waals surface area contributed by atoms with Gasteiger partial charge in [0.15, 0.2) is 0 Å². The number of carbonyl (C=O) groups is 2. The van der Waals surface area contributed by atoms with Gasteiger partial charge in [0.1, 0.15) is 5.82 Å². The van der Waals surface area contributed by atoms with Crippen molar-refractivity contribution < 1.29 is 14.0 Å². The first-order valence-electron chi connectivity index (χ1n) is 9.36. The molecule has 30 heavy (non-hydrogen) atoms. The van der Waals surface area contributed by atoms with Gasteiger partial charge in [0, 0.05) is 15.1 Å². The standard InChI is InChI=1S/C23H20BrFN2O2S/c1-2-21(23(29)27-20-13-6-4-11-18(20)24)30-16-9-7-8-15(14-16)26-22(28)17-10-3-5-12-19(17)25/h3-14,21H,2H2,1H3,(H,26,28)(H,27,29). The quantitative estimate of drug-likeness (QED) is 0.382. The molecule has 3 rings (SSSR count). The molecule has 0 fully saturated rings. The summed E-state index contributed by atoms with van der Waals surface area (Å²) < 4.78 is 14.6. The molecule has 0 saturated carbocycles. The minimum Gasteiger partial charge on any atom is -0.324 e. The molecule has 154 valence electrons. The molecule has 0 radical (unpaired) electrons. The molecular formula is C23H20BrFN2O2S. The van der Waals surface area contributed by atoms with E-state index in [0.29, 0.717) is 17.8 Å². The zero-order valence-electron chi connectivity index (χ0n) is 16.2. The lowest BCUT2D eigenvalue weighted by molar-refractivity contribution is -0.115. The van der Waals surface area contributed by atoms with E-state index in [4.69, 9.17) is 0 Å². The van der Waals surface area contributed by atoms with E-state index in [9.17, 15) is 14.0 Å². The minimum absolute atomic E-state index is 0.0187. The maximum absolute atomic E-state index is 13.8. The fourth-order valence-corrected chi connectivity index (χ4v) is 4.15. The maximum atomic E-state index is 13.8. The van der Waals surface area contributed by atoms with E-state index in [0.717, 1.165) is 9.37 Å². The van der Waals surface area contributed by atoms with E-state index in [2.05, 4.69) is 26.6 Å². The highest BCUT2D eigenvalue weighted by molar-refractivity contribution is 9.10. The zero-order valence-corrected chi connectivity index (χ0v) is 18.6. The fourth-order valence-electron chi connectivity index (χ4n) is 2.75. The molecule has 3 aromatic carbocycles. The highest BCUT2D eigenvalue weighted by atomic mass is 79.9. The topological polar surface area (TPSA) is 58.2 Å². The number of rotatable bonds is 7. The fraction of sp³-hybridized carbons (Fsp3) is 0.130. The summed E-state index contributed by atoms with van der Waals surface area (Å²) in [6.45, 7) is 1.95. The summed E-state index contributed by atoms with van der Waals surface area (Å²) in [5.74, 6) is -1.19. The number of hydrogen-bond donors (Lipinski definition) is 2. The van der Waals surface area contributed by atoms with E-state index < -0.39 is 11.7 Å². The van der Waals surface area contributed by atoms with Crippen molar-refractivity contribution >= 4 is 50.9 Å². The van der Waals surface area contributed by atoms with Crippen molar-refractivity contribution in [3.8, 4) is 0 Å². The van der Waals surface area contributed by atoms with Crippen LogP contribution in [0.15, 0.2) is 82.2 Å². The van der Waals surface area contributed by atoms with E-state index >= 15 is 0 Å². The van der Waals surface area contributed by atoms with Crippen LogP contribution >= 0.6 is 27.7 Å². The van der Waals surface area contributed by atoms with Crippen LogP contribution < -0.4 is 10.6 Å². The molecule has 3 aromatic rings. The molecule has 2 amide bonds. The predicted octanol–water partition coefficient (Wildman–Crippen LogP) is 6.35. The molecule has 1 atom stereocenters. The predicted molar refractivity (Wildman–Crippen MR) is 124 cm³/mol. The number of halogens is 2. The van der Waals surface area contributed by atoms with Crippen LogP contribution in [0.25, 0.3) is 0 Å². The summed E-state index contributed by atoms with van der Waals surface area (Å²) in [5.41, 5.74) is 1.23. The molecular weight excluding hydrogens is 467 g/mol. The summed E-state index contributed by atoms with van der Waals surface area (Å²) in [4.78, 5) is 25.9. The normalized spacial score (nSPS) is 11.6. The van der Waals surface area contributed by atoms with Crippen molar-refractivity contribution in [2.24, 2.45) is 0 Å². The Bertz CT molecular complexity index is 1060. The van der Waals surface area contributed by atoms with Crippen LogP contribution in [0.5, 0.6) is 0 Å². The van der Waals surface area contributed by atoms with Crippen molar-refractivity contribution in [2.75, 3.05) is 10.6 Å². The third-order valence-corrected chi connectivity index (χ3v) is 6.33. The number of anilines is 2. The van der Waals surface area contributed by atoms with Gasteiger partial charge in [0.05, 0.1) is 16.5 Å². The largest absolute Gasteiger partial charge is 0.324 e. The van der Waals surface area contributed by atoms with E-state index in [1.165, 1.54) is 30.0 Å². The van der Waals surface area contributed by atoms with Crippen molar-refractivity contribution in [3.63, 3.8) is 0 Å². The average molecular weight is 487 g/mol. The van der Waals surface area contributed by atoms with Crippen LogP contribution in [0, 0.1) is 5.82 Å². The molecule has 4 nitrogen and oxygen atoms in total. The Hall–Kier alpha value is -2.64. The first-order valence-corrected chi connectivity index (χ1v) is 11.0. The molecule has 0 aliphatic carbocycles. The van der Waals surface area contributed by atoms with Gasteiger partial charge in [-0.3, -0.25) is 9.59 Å². The highest BCUT2D eigenvalue weighted by Crippen LogP contribution is 2.30. The van der Waals surface area contributed by atoms with E-state index in [-0.39, 0.29) is 16.7 Å². The molecule has 0 heterocycles. The van der Waals surface area contributed by atoms with Gasteiger partial charge in [-0.1, -0.05) is 37.3 Å². The summed E-state index contributed by atoms with van der Waals surface area (Å²) in [6, 6.07) is 20.4. The van der Waals surface area contributed by atoms with Crippen molar-refractivity contribution in [3.05, 3.63) is 88.6 Å². The van der Waals surface area contributed by atoms with Crippen molar-refractivity contribution in [1.82, 2.24) is 0 Å². The molecule has 0 saturated heterocycles. The van der Waals surface area contributed by atoms with Crippen LogP contribution in [0.4, 0.5) is 15.8 Å². The van der Waals surface area contributed by atoms with Gasteiger partial charge in [-0.05, 0) is 64.8 Å². The molecule has 2 N–H and O–H groups in total. The first kappa shape index (κ1) is 22.1. The van der Waals surface area contributed by atoms with Crippen LogP contribution in [0.2, 0.25) is 0 Å². The van der Waals surface area contributed by atoms with Gasteiger partial charge in [-0.2, -0.15) is 0 Å². The number of carbonyl (C=O) groups excluding carboxylic acids is 2. The molecule has 1 unspecified atom stereocenters. The second-order valence-corrected chi connectivity index (χ2v) is 8.58. The van der Waals surface area contributed by atoms with Gasteiger partial charge >= 0.3 is 0 Å². The van der Waals surface area contributed by atoms with Crippen LogP contribution in [-0.4, -0.2) is 17.1 Å². The molecule has 7 heteroatoms. The Morgan fingerprint density at radius 3 is 2.47 bits per heavy atom. The Balaban J connectivity index is 1.68. The Labute approximate surface area is 187 Å². The van der Waals surface area contributed by atoms with Crippen LogP contribution in [-0.2, 0) is 4.79 Å². The lowest BCUT2D eigenvalue weighted by Gasteiger charge is -2.16. The van der Waals surface area contributed by atoms with Gasteiger partial charge in [0.25, 0.3) is 5.91 Å². The van der Waals surface area contributed by atoms with Gasteiger partial charge < -0.3 is 10.6 Å². The molecule has 0 spiro atoms. The second kappa shape index (κ2) is 10.4. The number of para-hydroxylation sites is 1. The monoisotopic (exact) mass is 486 g/mol. The summed E-state index contributed by atoms with van der Waals surface area (Å²) >= 11 is 4.84. The van der Waals surface area contributed by atoms with Gasteiger partial charge in [0.2, 0.25) is 5.91 Å². The zero-order chi connectivity index (χ0) is 21.5. The van der Waals surface area contributed by atoms with Crippen LogP contribution in [0.1, 0.15) is 23.7 Å². The molecule has 0 aromatic heterocycles. The molecule has 0 aliphatic heterocycles. The Kier molecular flexibility index (Phi) is 7.65. The summed E-state index contributed by atoms with van der Waals surface area (Å²) in [6.07, 6.45) is 0.632. The minimum atomic E-state index is -0.574. The average Bonchev–Trinajstić information content (AvgIpc) is 2.74. The van der Waals surface area contributed by atoms with Crippen molar-refractivity contribution in [1.29, 1.82) is 0 Å². The Morgan fingerprint density at radius 2 is 1.73 bits per heavy atom. The van der Waals surface area contributed by atoms with E-state index in [1.54, 1.807) is 24.3 Å². The number of hydrogen-bond acceptors (Lipinski definition) is 3. The maximum Gasteiger partial charge on any atom is 0.258 e. The van der Waals surface area contributed by atoms with E-state index in [1.807, 2.05) is 37.3 Å². The lowest BCUT2D eigenvalue weighted by Crippen LogP contribution is -2.24. The highest BCUT2D eigenvalue weighted by Gasteiger charge is 2.19. The first-order chi connectivity index (χ1) is 14.5. The Morgan fingerprint density at radius 1 is 1.00 bits per heavy atom. The van der Waals surface area contributed by atoms with Gasteiger partial charge in [-0.15, -0.1) is 11.8 Å². The smallest absolute Gasteiger partial charge is 0.258 e. The van der Waals surface area contributed by atoms with Gasteiger partial charge in [-0.25, -0.2) is 4.39 Å². The second-order valence-electron chi connectivity index (χ2n) is 6.45. The third kappa shape index (κ3) is 5.70. The number of nitrogens with one attached hydrogen (secondary N) is 2. The summed E-state index contributed by atoms with van der Waals surface area (Å²) in [5, 5.41) is 5.34. The number of benzene rings is 3.